The lowest BCUT2D eigenvalue weighted by atomic mass is 10.2. The first-order chi connectivity index (χ1) is 7.22. The molecule has 1 unspecified atom stereocenters. The number of nitrogens with two attached hydrogens (primary N) is 1. The van der Waals surface area contributed by atoms with Crippen molar-refractivity contribution in [2.45, 2.75) is 13.0 Å². The van der Waals surface area contributed by atoms with E-state index in [1.54, 1.807) is 4.90 Å². The van der Waals surface area contributed by atoms with Crippen molar-refractivity contribution in [3.05, 3.63) is 24.3 Å². The third-order valence-electron chi connectivity index (χ3n) is 2.40. The Kier molecular flexibility index (Phi) is 2.60. The first-order valence-corrected chi connectivity index (χ1v) is 4.98. The van der Waals surface area contributed by atoms with E-state index in [1.165, 1.54) is 0 Å². The fourth-order valence-electron chi connectivity index (χ4n) is 1.74. The number of amides is 1. The highest BCUT2D eigenvalue weighted by atomic mass is 16.5. The second-order valence-corrected chi connectivity index (χ2v) is 3.60. The summed E-state index contributed by atoms with van der Waals surface area (Å²) in [5.41, 5.74) is 6.18. The molecule has 0 bridgehead atoms. The van der Waals surface area contributed by atoms with E-state index in [1.807, 2.05) is 31.2 Å². The Morgan fingerprint density at radius 1 is 1.60 bits per heavy atom. The van der Waals surface area contributed by atoms with Crippen LogP contribution in [0.2, 0.25) is 0 Å². The van der Waals surface area contributed by atoms with Gasteiger partial charge in [0.05, 0.1) is 18.8 Å². The van der Waals surface area contributed by atoms with Crippen molar-refractivity contribution in [1.29, 1.82) is 0 Å². The van der Waals surface area contributed by atoms with Gasteiger partial charge in [0.2, 0.25) is 5.91 Å². The molecule has 0 saturated heterocycles. The topological polar surface area (TPSA) is 55.6 Å². The van der Waals surface area contributed by atoms with Crippen LogP contribution in [-0.2, 0) is 4.79 Å². The summed E-state index contributed by atoms with van der Waals surface area (Å²) in [6, 6.07) is 7.51. The molecule has 80 valence electrons. The first kappa shape index (κ1) is 9.98. The van der Waals surface area contributed by atoms with Crippen LogP contribution in [0.5, 0.6) is 5.75 Å². The zero-order valence-electron chi connectivity index (χ0n) is 8.64. The second-order valence-electron chi connectivity index (χ2n) is 3.60. The van der Waals surface area contributed by atoms with Crippen molar-refractivity contribution < 1.29 is 9.53 Å². The fraction of sp³-hybridized carbons (Fsp3) is 0.364. The molecule has 1 aromatic carbocycles. The summed E-state index contributed by atoms with van der Waals surface area (Å²) in [5, 5.41) is 0. The van der Waals surface area contributed by atoms with Crippen LogP contribution in [0, 0.1) is 0 Å². The Morgan fingerprint density at radius 2 is 2.33 bits per heavy atom. The molecule has 0 saturated carbocycles. The van der Waals surface area contributed by atoms with Gasteiger partial charge in [0.15, 0.2) is 0 Å². The number of hydrogen-bond acceptors (Lipinski definition) is 3. The van der Waals surface area contributed by atoms with Crippen LogP contribution in [0.15, 0.2) is 24.3 Å². The van der Waals surface area contributed by atoms with Crippen LogP contribution in [0.3, 0.4) is 0 Å². The largest absolute Gasteiger partial charge is 0.487 e. The van der Waals surface area contributed by atoms with Crippen molar-refractivity contribution in [1.82, 2.24) is 0 Å². The standard InChI is InChI=1S/C11H14N2O2/c1-8-7-13(11(14)6-12)9-4-2-3-5-10(9)15-8/h2-5,8H,6-7,12H2,1H3. The molecular formula is C11H14N2O2. The molecule has 0 aromatic heterocycles. The number of rotatable bonds is 1. The normalized spacial score (nSPS) is 19.3. The fourth-order valence-corrected chi connectivity index (χ4v) is 1.74. The van der Waals surface area contributed by atoms with Gasteiger partial charge in [-0.05, 0) is 19.1 Å². The number of ether oxygens (including phenoxy) is 1. The minimum absolute atomic E-state index is 0.00963. The first-order valence-electron chi connectivity index (χ1n) is 4.98. The highest BCUT2D eigenvalue weighted by Crippen LogP contribution is 2.32. The third kappa shape index (κ3) is 1.80. The van der Waals surface area contributed by atoms with E-state index in [0.717, 1.165) is 11.4 Å². The summed E-state index contributed by atoms with van der Waals surface area (Å²) in [6.07, 6.45) is 0.00963. The smallest absolute Gasteiger partial charge is 0.240 e. The number of carbonyl (C=O) groups excluding carboxylic acids is 1. The van der Waals surface area contributed by atoms with Crippen molar-refractivity contribution in [2.24, 2.45) is 5.73 Å². The molecule has 1 aliphatic rings. The van der Waals surface area contributed by atoms with Crippen LogP contribution in [0.25, 0.3) is 0 Å². The van der Waals surface area contributed by atoms with E-state index >= 15 is 0 Å². The highest BCUT2D eigenvalue weighted by molar-refractivity contribution is 5.96. The summed E-state index contributed by atoms with van der Waals surface area (Å²) < 4.78 is 5.62. The molecule has 2 N–H and O–H groups in total. The molecule has 4 heteroatoms. The van der Waals surface area contributed by atoms with Gasteiger partial charge in [0.25, 0.3) is 0 Å². The number of nitrogens with zero attached hydrogens (tertiary/aromatic N) is 1. The number of benzene rings is 1. The summed E-state index contributed by atoms with van der Waals surface area (Å²) >= 11 is 0. The third-order valence-corrected chi connectivity index (χ3v) is 2.40. The molecule has 0 fully saturated rings. The van der Waals surface area contributed by atoms with Gasteiger partial charge >= 0.3 is 0 Å². The molecule has 4 nitrogen and oxygen atoms in total. The number of anilines is 1. The zero-order valence-corrected chi connectivity index (χ0v) is 8.64. The van der Waals surface area contributed by atoms with Crippen molar-refractivity contribution in [3.63, 3.8) is 0 Å². The Bertz CT molecular complexity index is 379. The summed E-state index contributed by atoms with van der Waals surface area (Å²) in [4.78, 5) is 13.3. The summed E-state index contributed by atoms with van der Waals surface area (Å²) in [7, 11) is 0. The van der Waals surface area contributed by atoms with E-state index in [2.05, 4.69) is 0 Å². The lowest BCUT2D eigenvalue weighted by molar-refractivity contribution is -0.117. The maximum Gasteiger partial charge on any atom is 0.240 e. The SMILES string of the molecule is CC1CN(C(=O)CN)c2ccccc2O1. The number of carbonyl (C=O) groups is 1. The zero-order chi connectivity index (χ0) is 10.8. The second kappa shape index (κ2) is 3.90. The van der Waals surface area contributed by atoms with Crippen LogP contribution >= 0.6 is 0 Å². The van der Waals surface area contributed by atoms with Crippen LogP contribution in [-0.4, -0.2) is 25.1 Å². The van der Waals surface area contributed by atoms with Gasteiger partial charge in [-0.25, -0.2) is 0 Å². The van der Waals surface area contributed by atoms with E-state index in [9.17, 15) is 4.79 Å². The lowest BCUT2D eigenvalue weighted by Gasteiger charge is -2.33. The Balaban J connectivity index is 2.38. The molecular weight excluding hydrogens is 192 g/mol. The van der Waals surface area contributed by atoms with E-state index in [0.29, 0.717) is 6.54 Å². The van der Waals surface area contributed by atoms with Crippen LogP contribution in [0.4, 0.5) is 5.69 Å². The van der Waals surface area contributed by atoms with Gasteiger partial charge < -0.3 is 15.4 Å². The van der Waals surface area contributed by atoms with Gasteiger partial charge in [-0.15, -0.1) is 0 Å². The number of fused-ring (bicyclic) bond motifs is 1. The quantitative estimate of drug-likeness (QED) is 0.738. The molecule has 1 atom stereocenters. The molecule has 15 heavy (non-hydrogen) atoms. The van der Waals surface area contributed by atoms with Gasteiger partial charge in [-0.2, -0.15) is 0 Å². The summed E-state index contributed by atoms with van der Waals surface area (Å²) in [5.74, 6) is 0.677. The van der Waals surface area contributed by atoms with Crippen LogP contribution in [0.1, 0.15) is 6.92 Å². The van der Waals surface area contributed by atoms with Crippen molar-refractivity contribution >= 4 is 11.6 Å². The minimum atomic E-state index is -0.0717. The number of para-hydroxylation sites is 2. The monoisotopic (exact) mass is 206 g/mol. The maximum absolute atomic E-state index is 11.6. The predicted molar refractivity (Wildman–Crippen MR) is 57.9 cm³/mol. The molecule has 2 rings (SSSR count). The lowest BCUT2D eigenvalue weighted by Crippen LogP contribution is -2.44. The Hall–Kier alpha value is -1.55. The average molecular weight is 206 g/mol. The average Bonchev–Trinajstić information content (AvgIpc) is 2.26. The van der Waals surface area contributed by atoms with Gasteiger partial charge in [0.1, 0.15) is 11.9 Å². The van der Waals surface area contributed by atoms with Crippen LogP contribution < -0.4 is 15.4 Å². The van der Waals surface area contributed by atoms with Gasteiger partial charge in [-0.3, -0.25) is 4.79 Å². The van der Waals surface area contributed by atoms with E-state index < -0.39 is 0 Å². The number of hydrogen-bond donors (Lipinski definition) is 1. The molecule has 0 aliphatic carbocycles. The molecule has 0 spiro atoms. The van der Waals surface area contributed by atoms with Crippen molar-refractivity contribution in [2.75, 3.05) is 18.0 Å². The van der Waals surface area contributed by atoms with Gasteiger partial charge in [-0.1, -0.05) is 12.1 Å². The van der Waals surface area contributed by atoms with E-state index in [-0.39, 0.29) is 18.6 Å². The van der Waals surface area contributed by atoms with E-state index in [4.69, 9.17) is 10.5 Å². The molecule has 0 radical (unpaired) electrons. The predicted octanol–water partition coefficient (Wildman–Crippen LogP) is 0.759. The Morgan fingerprint density at radius 3 is 3.07 bits per heavy atom. The molecule has 1 amide bonds. The molecule has 1 aliphatic heterocycles. The maximum atomic E-state index is 11.6. The van der Waals surface area contributed by atoms with Crippen molar-refractivity contribution in [3.8, 4) is 5.75 Å². The highest BCUT2D eigenvalue weighted by Gasteiger charge is 2.26. The summed E-state index contributed by atoms with van der Waals surface area (Å²) in [6.45, 7) is 2.53. The molecule has 1 heterocycles. The minimum Gasteiger partial charge on any atom is -0.487 e. The Labute approximate surface area is 88.6 Å². The van der Waals surface area contributed by atoms with Gasteiger partial charge in [0, 0.05) is 0 Å². The molecule has 1 aromatic rings.